The van der Waals surface area contributed by atoms with Crippen LogP contribution in [0, 0.1) is 6.92 Å². The van der Waals surface area contributed by atoms with Crippen LogP contribution in [-0.4, -0.2) is 0 Å². The molecule has 0 bridgehead atoms. The number of hydrogen-bond acceptors (Lipinski definition) is 1. The summed E-state index contributed by atoms with van der Waals surface area (Å²) in [7, 11) is 0. The molecule has 1 heteroatoms. The maximum Gasteiger partial charge on any atom is 0.0713 e. The molecular formula is C70H57N. The quantitative estimate of drug-likeness (QED) is 0.125. The fourth-order valence-corrected chi connectivity index (χ4v) is 11.9. The van der Waals surface area contributed by atoms with E-state index in [9.17, 15) is 0 Å². The Morgan fingerprint density at radius 2 is 1.06 bits per heavy atom. The lowest BCUT2D eigenvalue weighted by atomic mass is 9.67. The Morgan fingerprint density at radius 1 is 0.465 bits per heavy atom. The van der Waals surface area contributed by atoms with Crippen molar-refractivity contribution in [3.8, 4) is 22.3 Å². The molecule has 1 nitrogen and oxygen atoms in total. The molecule has 0 spiro atoms. The number of allylic oxidation sites excluding steroid dienone is 7. The number of benzene rings is 9. The normalized spacial score (nSPS) is 17.0. The monoisotopic (exact) mass is 911 g/mol. The summed E-state index contributed by atoms with van der Waals surface area (Å²) in [4.78, 5) is 2.38. The van der Waals surface area contributed by atoms with E-state index in [1.807, 2.05) is 0 Å². The van der Waals surface area contributed by atoms with Gasteiger partial charge in [0.25, 0.3) is 0 Å². The van der Waals surface area contributed by atoms with Crippen LogP contribution in [0.4, 0.5) is 11.4 Å². The molecule has 0 saturated heterocycles. The topological polar surface area (TPSA) is 3.24 Å². The summed E-state index contributed by atoms with van der Waals surface area (Å²) in [6.45, 7) is 4.69. The second-order valence-electron chi connectivity index (χ2n) is 19.6. The SMILES string of the molecule is Cc1ccccc1C1=C(C(C)c2ccc3c(c2)-c2ccccc2C3(c2ccccc2)c2ccccc2)CC(c2cccc(-c3ccc(N(C4=CCC(c5ccccc5)C=C4)c4ccccc4)cc3)c2)C=C1. The largest absolute Gasteiger partial charge is 0.311 e. The standard InChI is InChI=1S/C70H57N/c1-49-20-15-16-31-63(49)64-44-38-57(48-66(64)50(2)54-39-45-69-67(47-54)65-32-17-18-33-68(65)70(69,58-25-9-4-10-26-58)59-27-11-5-12-28-59)56-24-19-23-55(46-56)53-36-42-62(43-37-53)71(60-29-13-6-14-30-60)61-40-34-52(35-41-61)51-21-7-3-8-22-51/h3-34,36-47,50,52,57H,35,48H2,1-2H3. The van der Waals surface area contributed by atoms with Crippen molar-refractivity contribution in [1.29, 1.82) is 0 Å². The highest BCUT2D eigenvalue weighted by atomic mass is 15.1. The molecule has 3 aliphatic rings. The van der Waals surface area contributed by atoms with Crippen LogP contribution in [0.15, 0.2) is 278 Å². The first-order chi connectivity index (χ1) is 35.0. The van der Waals surface area contributed by atoms with Crippen molar-refractivity contribution in [2.45, 2.75) is 49.9 Å². The fraction of sp³-hybridized carbons (Fsp3) is 0.114. The van der Waals surface area contributed by atoms with Gasteiger partial charge < -0.3 is 4.90 Å². The second kappa shape index (κ2) is 18.9. The fourth-order valence-electron chi connectivity index (χ4n) is 11.9. The van der Waals surface area contributed by atoms with Gasteiger partial charge >= 0.3 is 0 Å². The van der Waals surface area contributed by atoms with Gasteiger partial charge in [0, 0.05) is 34.8 Å². The van der Waals surface area contributed by atoms with Crippen molar-refractivity contribution < 1.29 is 0 Å². The van der Waals surface area contributed by atoms with E-state index >= 15 is 0 Å². The lowest BCUT2D eigenvalue weighted by Gasteiger charge is -2.34. The predicted octanol–water partition coefficient (Wildman–Crippen LogP) is 18.1. The molecule has 3 aliphatic carbocycles. The minimum atomic E-state index is -0.413. The Morgan fingerprint density at radius 3 is 1.75 bits per heavy atom. The average molecular weight is 912 g/mol. The summed E-state index contributed by atoms with van der Waals surface area (Å²) in [5.41, 5.74) is 22.9. The van der Waals surface area contributed by atoms with Crippen molar-refractivity contribution in [2.75, 3.05) is 4.90 Å². The zero-order valence-corrected chi connectivity index (χ0v) is 40.5. The molecule has 342 valence electrons. The average Bonchev–Trinajstić information content (AvgIpc) is 3.75. The first kappa shape index (κ1) is 44.0. The maximum atomic E-state index is 2.52. The van der Waals surface area contributed by atoms with Crippen LogP contribution in [0.5, 0.6) is 0 Å². The molecule has 0 radical (unpaired) electrons. The van der Waals surface area contributed by atoms with E-state index in [4.69, 9.17) is 0 Å². The number of anilines is 2. The van der Waals surface area contributed by atoms with E-state index in [1.165, 1.54) is 89.2 Å². The molecule has 3 unspecified atom stereocenters. The molecule has 0 N–H and O–H groups in total. The summed E-state index contributed by atoms with van der Waals surface area (Å²) >= 11 is 0. The molecule has 0 aromatic heterocycles. The molecule has 0 fully saturated rings. The van der Waals surface area contributed by atoms with E-state index < -0.39 is 5.41 Å². The lowest BCUT2D eigenvalue weighted by Crippen LogP contribution is -2.28. The van der Waals surface area contributed by atoms with E-state index in [0.29, 0.717) is 5.92 Å². The molecule has 12 rings (SSSR count). The molecule has 0 saturated carbocycles. The number of rotatable bonds is 11. The van der Waals surface area contributed by atoms with E-state index in [-0.39, 0.29) is 11.8 Å². The van der Waals surface area contributed by atoms with Crippen LogP contribution in [-0.2, 0) is 5.41 Å². The van der Waals surface area contributed by atoms with Gasteiger partial charge in [0.1, 0.15) is 0 Å². The van der Waals surface area contributed by atoms with Gasteiger partial charge in [0.15, 0.2) is 0 Å². The summed E-state index contributed by atoms with van der Waals surface area (Å²) in [5, 5.41) is 0. The van der Waals surface area contributed by atoms with Crippen molar-refractivity contribution in [3.05, 3.63) is 328 Å². The van der Waals surface area contributed by atoms with Crippen LogP contribution in [0.2, 0.25) is 0 Å². The number of aryl methyl sites for hydroxylation is 1. The van der Waals surface area contributed by atoms with Gasteiger partial charge in [-0.05, 0) is 128 Å². The third-order valence-corrected chi connectivity index (χ3v) is 15.6. The minimum Gasteiger partial charge on any atom is -0.311 e. The number of hydrogen-bond donors (Lipinski definition) is 0. The Bertz CT molecular complexity index is 3450. The first-order valence-electron chi connectivity index (χ1n) is 25.4. The zero-order valence-electron chi connectivity index (χ0n) is 40.5. The van der Waals surface area contributed by atoms with Gasteiger partial charge in [-0.2, -0.15) is 0 Å². The highest BCUT2D eigenvalue weighted by molar-refractivity contribution is 5.87. The molecule has 9 aromatic carbocycles. The van der Waals surface area contributed by atoms with Crippen LogP contribution in [0.25, 0.3) is 27.8 Å². The molecule has 0 amide bonds. The Labute approximate surface area is 420 Å². The third kappa shape index (κ3) is 8.02. The lowest BCUT2D eigenvalue weighted by molar-refractivity contribution is 0.736. The number of para-hydroxylation sites is 1. The third-order valence-electron chi connectivity index (χ3n) is 15.6. The molecule has 0 heterocycles. The van der Waals surface area contributed by atoms with Gasteiger partial charge in [-0.1, -0.05) is 249 Å². The molecule has 9 aromatic rings. The van der Waals surface area contributed by atoms with Gasteiger partial charge in [-0.15, -0.1) is 0 Å². The summed E-state index contributed by atoms with van der Waals surface area (Å²) in [5.74, 6) is 0.796. The smallest absolute Gasteiger partial charge is 0.0713 e. The number of nitrogens with zero attached hydrogens (tertiary/aromatic N) is 1. The van der Waals surface area contributed by atoms with Crippen molar-refractivity contribution >= 4 is 16.9 Å². The molecular weight excluding hydrogens is 855 g/mol. The van der Waals surface area contributed by atoms with Crippen LogP contribution < -0.4 is 4.90 Å². The van der Waals surface area contributed by atoms with E-state index in [1.54, 1.807) is 0 Å². The number of fused-ring (bicyclic) bond motifs is 3. The van der Waals surface area contributed by atoms with E-state index in [2.05, 4.69) is 286 Å². The first-order valence-corrected chi connectivity index (χ1v) is 25.4. The van der Waals surface area contributed by atoms with Crippen LogP contribution in [0.1, 0.15) is 87.6 Å². The zero-order chi connectivity index (χ0) is 47.7. The van der Waals surface area contributed by atoms with Crippen LogP contribution >= 0.6 is 0 Å². The Hall–Kier alpha value is -8.26. The Balaban J connectivity index is 0.871. The molecule has 0 aliphatic heterocycles. The Kier molecular flexibility index (Phi) is 11.7. The van der Waals surface area contributed by atoms with E-state index in [0.717, 1.165) is 24.2 Å². The summed E-state index contributed by atoms with van der Waals surface area (Å²) in [6.07, 6.45) is 13.8. The second-order valence-corrected chi connectivity index (χ2v) is 19.6. The predicted molar refractivity (Wildman–Crippen MR) is 298 cm³/mol. The highest BCUT2D eigenvalue weighted by Crippen LogP contribution is 2.57. The highest BCUT2D eigenvalue weighted by Gasteiger charge is 2.46. The van der Waals surface area contributed by atoms with Crippen molar-refractivity contribution in [3.63, 3.8) is 0 Å². The summed E-state index contributed by atoms with van der Waals surface area (Å²) < 4.78 is 0. The van der Waals surface area contributed by atoms with Crippen molar-refractivity contribution in [2.24, 2.45) is 0 Å². The molecule has 71 heavy (non-hydrogen) atoms. The van der Waals surface area contributed by atoms with Gasteiger partial charge in [-0.3, -0.25) is 0 Å². The van der Waals surface area contributed by atoms with Gasteiger partial charge in [-0.25, -0.2) is 0 Å². The van der Waals surface area contributed by atoms with Crippen molar-refractivity contribution in [1.82, 2.24) is 0 Å². The maximum absolute atomic E-state index is 2.52. The van der Waals surface area contributed by atoms with Gasteiger partial charge in [0.05, 0.1) is 5.41 Å². The van der Waals surface area contributed by atoms with Gasteiger partial charge in [0.2, 0.25) is 0 Å². The van der Waals surface area contributed by atoms with Crippen LogP contribution in [0.3, 0.4) is 0 Å². The molecule has 3 atom stereocenters. The minimum absolute atomic E-state index is 0.180. The summed E-state index contributed by atoms with van der Waals surface area (Å²) in [6, 6.07) is 87.6.